The second kappa shape index (κ2) is 5.40. The first kappa shape index (κ1) is 12.9. The Morgan fingerprint density at radius 3 is 2.78 bits per heavy atom. The summed E-state index contributed by atoms with van der Waals surface area (Å²) >= 11 is 0. The minimum absolute atomic E-state index is 0.0248. The van der Waals surface area contributed by atoms with Crippen LogP contribution in [0.15, 0.2) is 18.2 Å². The fraction of sp³-hybridized carbons (Fsp3) is 0.500. The molecule has 1 aliphatic rings. The summed E-state index contributed by atoms with van der Waals surface area (Å²) in [5.74, 6) is 0.209. The number of nitrogens with one attached hydrogen (secondary N) is 1. The summed E-state index contributed by atoms with van der Waals surface area (Å²) in [4.78, 5) is 14.4. The van der Waals surface area contributed by atoms with Crippen LogP contribution >= 0.6 is 0 Å². The van der Waals surface area contributed by atoms with E-state index in [0.29, 0.717) is 17.2 Å². The van der Waals surface area contributed by atoms with E-state index in [1.807, 2.05) is 4.90 Å². The number of hydrogen-bond donors (Lipinski definition) is 2. The van der Waals surface area contributed by atoms with Crippen LogP contribution in [0, 0.1) is 6.92 Å². The van der Waals surface area contributed by atoms with Gasteiger partial charge in [-0.1, -0.05) is 13.0 Å². The predicted octanol–water partition coefficient (Wildman–Crippen LogP) is 1.52. The van der Waals surface area contributed by atoms with E-state index in [4.69, 9.17) is 0 Å². The highest BCUT2D eigenvalue weighted by Crippen LogP contribution is 2.22. The molecule has 1 heterocycles. The molecule has 4 heteroatoms. The van der Waals surface area contributed by atoms with E-state index < -0.39 is 0 Å². The van der Waals surface area contributed by atoms with E-state index in [0.717, 1.165) is 26.1 Å². The smallest absolute Gasteiger partial charge is 0.254 e. The molecule has 1 saturated heterocycles. The van der Waals surface area contributed by atoms with Crippen LogP contribution in [0.2, 0.25) is 0 Å². The van der Waals surface area contributed by atoms with Gasteiger partial charge in [0.2, 0.25) is 0 Å². The van der Waals surface area contributed by atoms with Crippen molar-refractivity contribution in [1.82, 2.24) is 10.2 Å². The number of rotatable bonds is 4. The molecule has 1 amide bonds. The van der Waals surface area contributed by atoms with Gasteiger partial charge in [0.1, 0.15) is 5.75 Å². The number of aromatic hydroxyl groups is 1. The summed E-state index contributed by atoms with van der Waals surface area (Å²) in [7, 11) is 0. The van der Waals surface area contributed by atoms with Gasteiger partial charge in [-0.15, -0.1) is 0 Å². The lowest BCUT2D eigenvalue weighted by molar-refractivity contribution is 0.0614. The molecule has 0 saturated carbocycles. The van der Waals surface area contributed by atoms with Crippen molar-refractivity contribution >= 4 is 5.91 Å². The van der Waals surface area contributed by atoms with Gasteiger partial charge in [-0.25, -0.2) is 0 Å². The topological polar surface area (TPSA) is 52.6 Å². The molecule has 18 heavy (non-hydrogen) atoms. The van der Waals surface area contributed by atoms with Crippen molar-refractivity contribution in [2.75, 3.05) is 19.6 Å². The highest BCUT2D eigenvalue weighted by molar-refractivity contribution is 5.96. The largest absolute Gasteiger partial charge is 0.508 e. The molecule has 2 N–H and O–H groups in total. The van der Waals surface area contributed by atoms with Gasteiger partial charge in [0.25, 0.3) is 5.91 Å². The maximum Gasteiger partial charge on any atom is 0.254 e. The first-order chi connectivity index (χ1) is 8.65. The van der Waals surface area contributed by atoms with Crippen LogP contribution in [0.4, 0.5) is 0 Å². The Morgan fingerprint density at radius 2 is 2.22 bits per heavy atom. The van der Waals surface area contributed by atoms with Gasteiger partial charge < -0.3 is 15.3 Å². The first-order valence-corrected chi connectivity index (χ1v) is 6.45. The van der Waals surface area contributed by atoms with E-state index in [9.17, 15) is 9.90 Å². The molecule has 0 atom stereocenters. The molecule has 1 fully saturated rings. The number of amides is 1. The molecule has 0 aliphatic carbocycles. The molecular formula is C14H20N2O2. The molecule has 2 rings (SSSR count). The van der Waals surface area contributed by atoms with Crippen LogP contribution in [0.5, 0.6) is 5.75 Å². The highest BCUT2D eigenvalue weighted by atomic mass is 16.3. The fourth-order valence-corrected chi connectivity index (χ4v) is 2.19. The van der Waals surface area contributed by atoms with Gasteiger partial charge in [0, 0.05) is 30.8 Å². The second-order valence-electron chi connectivity index (χ2n) is 4.76. The molecule has 0 bridgehead atoms. The second-order valence-corrected chi connectivity index (χ2v) is 4.76. The van der Waals surface area contributed by atoms with Crippen molar-refractivity contribution in [2.24, 2.45) is 0 Å². The zero-order valence-electron chi connectivity index (χ0n) is 10.9. The number of hydrogen-bond acceptors (Lipinski definition) is 3. The fourth-order valence-electron chi connectivity index (χ4n) is 2.19. The van der Waals surface area contributed by atoms with Crippen molar-refractivity contribution in [3.8, 4) is 5.75 Å². The zero-order chi connectivity index (χ0) is 13.1. The van der Waals surface area contributed by atoms with Crippen LogP contribution in [-0.2, 0) is 0 Å². The van der Waals surface area contributed by atoms with Crippen LogP contribution < -0.4 is 5.32 Å². The highest BCUT2D eigenvalue weighted by Gasteiger charge is 2.29. The van der Waals surface area contributed by atoms with Gasteiger partial charge in [0.05, 0.1) is 6.04 Å². The van der Waals surface area contributed by atoms with E-state index in [-0.39, 0.29) is 11.7 Å². The summed E-state index contributed by atoms with van der Waals surface area (Å²) in [6, 6.07) is 5.41. The Labute approximate surface area is 108 Å². The van der Waals surface area contributed by atoms with Crippen LogP contribution in [0.25, 0.3) is 0 Å². The molecular weight excluding hydrogens is 228 g/mol. The summed E-state index contributed by atoms with van der Waals surface area (Å²) in [6.07, 6.45) is 0.945. The lowest BCUT2D eigenvalue weighted by Gasteiger charge is -2.38. The third-order valence-corrected chi connectivity index (χ3v) is 3.46. The maximum absolute atomic E-state index is 12.5. The van der Waals surface area contributed by atoms with Crippen molar-refractivity contribution in [3.63, 3.8) is 0 Å². The van der Waals surface area contributed by atoms with Crippen LogP contribution in [0.1, 0.15) is 29.3 Å². The summed E-state index contributed by atoms with van der Waals surface area (Å²) in [5, 5.41) is 12.9. The predicted molar refractivity (Wildman–Crippen MR) is 70.8 cm³/mol. The lowest BCUT2D eigenvalue weighted by atomic mass is 10.0. The molecule has 0 spiro atoms. The molecule has 1 aliphatic heterocycles. The van der Waals surface area contributed by atoms with Gasteiger partial charge in [-0.05, 0) is 25.5 Å². The maximum atomic E-state index is 12.5. The Balaban J connectivity index is 2.24. The number of phenolic OH excluding ortho intramolecular Hbond substituents is 1. The number of nitrogens with zero attached hydrogens (tertiary/aromatic N) is 1. The Kier molecular flexibility index (Phi) is 3.87. The van der Waals surface area contributed by atoms with Gasteiger partial charge in [-0.2, -0.15) is 0 Å². The number of carbonyl (C=O) groups excluding carboxylic acids is 1. The average Bonchev–Trinajstić information content (AvgIpc) is 2.29. The van der Waals surface area contributed by atoms with Gasteiger partial charge in [-0.3, -0.25) is 4.79 Å². The van der Waals surface area contributed by atoms with Crippen molar-refractivity contribution in [1.29, 1.82) is 0 Å². The first-order valence-electron chi connectivity index (χ1n) is 6.45. The Hall–Kier alpha value is -1.55. The molecule has 0 radical (unpaired) electrons. The third-order valence-electron chi connectivity index (χ3n) is 3.46. The number of phenols is 1. The van der Waals surface area contributed by atoms with Crippen LogP contribution in [0.3, 0.4) is 0 Å². The van der Waals surface area contributed by atoms with Crippen molar-refractivity contribution < 1.29 is 9.90 Å². The summed E-state index contributed by atoms with van der Waals surface area (Å²) < 4.78 is 0. The number of benzene rings is 1. The summed E-state index contributed by atoms with van der Waals surface area (Å²) in [6.45, 7) is 6.35. The Morgan fingerprint density at radius 1 is 1.50 bits per heavy atom. The normalized spacial score (nSPS) is 15.2. The molecule has 1 aromatic carbocycles. The standard InChI is InChI=1S/C14H20N2O2/c1-3-7-16(11-8-15-9-11)14(18)12-5-4-6-13(17)10(12)2/h4-6,11,15,17H,3,7-9H2,1-2H3. The average molecular weight is 248 g/mol. The molecule has 0 unspecified atom stereocenters. The van der Waals surface area contributed by atoms with E-state index >= 15 is 0 Å². The van der Waals surface area contributed by atoms with Crippen molar-refractivity contribution in [2.45, 2.75) is 26.3 Å². The third kappa shape index (κ3) is 2.34. The molecule has 4 nitrogen and oxygen atoms in total. The minimum Gasteiger partial charge on any atom is -0.508 e. The number of carbonyl (C=O) groups is 1. The zero-order valence-corrected chi connectivity index (χ0v) is 10.9. The SMILES string of the molecule is CCCN(C(=O)c1cccc(O)c1C)C1CNC1. The molecule has 98 valence electrons. The summed E-state index contributed by atoms with van der Waals surface area (Å²) in [5.41, 5.74) is 1.27. The minimum atomic E-state index is 0.0248. The lowest BCUT2D eigenvalue weighted by Crippen LogP contribution is -2.59. The van der Waals surface area contributed by atoms with Crippen molar-refractivity contribution in [3.05, 3.63) is 29.3 Å². The van der Waals surface area contributed by atoms with E-state index in [1.165, 1.54) is 0 Å². The van der Waals surface area contributed by atoms with Crippen LogP contribution in [-0.4, -0.2) is 41.6 Å². The van der Waals surface area contributed by atoms with Gasteiger partial charge >= 0.3 is 0 Å². The van der Waals surface area contributed by atoms with Gasteiger partial charge in [0.15, 0.2) is 0 Å². The van der Waals surface area contributed by atoms with E-state index in [1.54, 1.807) is 25.1 Å². The molecule has 0 aromatic heterocycles. The Bertz CT molecular complexity index is 441. The molecule has 1 aromatic rings. The quantitative estimate of drug-likeness (QED) is 0.849. The van der Waals surface area contributed by atoms with E-state index in [2.05, 4.69) is 12.2 Å². The monoisotopic (exact) mass is 248 g/mol.